The van der Waals surface area contributed by atoms with Crippen LogP contribution in [0.3, 0.4) is 0 Å². The van der Waals surface area contributed by atoms with Gasteiger partial charge < -0.3 is 19.7 Å². The second-order valence-corrected chi connectivity index (χ2v) is 3.92. The number of hydrogen-bond acceptors (Lipinski definition) is 6. The summed E-state index contributed by atoms with van der Waals surface area (Å²) in [6, 6.07) is 0. The predicted molar refractivity (Wildman–Crippen MR) is 70.1 cm³/mol. The summed E-state index contributed by atoms with van der Waals surface area (Å²) in [6.45, 7) is 5.59. The highest BCUT2D eigenvalue weighted by Gasteiger charge is 2.21. The first-order valence-electron chi connectivity index (χ1n) is 6.31. The van der Waals surface area contributed by atoms with Gasteiger partial charge in [-0.3, -0.25) is 0 Å². The van der Waals surface area contributed by atoms with Crippen molar-refractivity contribution < 1.29 is 19.1 Å². The molecule has 1 rings (SSSR count). The second-order valence-electron chi connectivity index (χ2n) is 3.92. The molecule has 6 nitrogen and oxygen atoms in total. The number of rotatable bonds is 5. The average Bonchev–Trinajstić information content (AvgIpc) is 2.77. The standard InChI is InChI=1S/C13H20N2O4/c1-4-18-11(16)7-6-10(13(17)19-5-2)12-14-8-9-15(12)3/h6-7,14H,4-5,8-9H2,1-3H3/b7-6+,12-10-. The van der Waals surface area contributed by atoms with E-state index in [-0.39, 0.29) is 6.61 Å². The van der Waals surface area contributed by atoms with Crippen molar-refractivity contribution in [2.24, 2.45) is 0 Å². The van der Waals surface area contributed by atoms with Crippen LogP contribution in [0.25, 0.3) is 0 Å². The molecule has 0 bridgehead atoms. The minimum absolute atomic E-state index is 0.284. The lowest BCUT2D eigenvalue weighted by Gasteiger charge is -2.14. The molecule has 0 spiro atoms. The van der Waals surface area contributed by atoms with Crippen molar-refractivity contribution >= 4 is 11.9 Å². The Hall–Kier alpha value is -1.98. The number of carbonyl (C=O) groups excluding carboxylic acids is 2. The van der Waals surface area contributed by atoms with E-state index in [9.17, 15) is 9.59 Å². The molecule has 0 amide bonds. The van der Waals surface area contributed by atoms with Crippen molar-refractivity contribution in [1.29, 1.82) is 0 Å². The van der Waals surface area contributed by atoms with Gasteiger partial charge in [0.2, 0.25) is 0 Å². The zero-order valence-electron chi connectivity index (χ0n) is 11.6. The molecule has 6 heteroatoms. The van der Waals surface area contributed by atoms with Gasteiger partial charge in [0.15, 0.2) is 0 Å². The molecule has 1 saturated heterocycles. The lowest BCUT2D eigenvalue weighted by Crippen LogP contribution is -2.21. The first kappa shape index (κ1) is 15.1. The molecule has 1 aliphatic heterocycles. The van der Waals surface area contributed by atoms with Gasteiger partial charge in [-0.05, 0) is 19.9 Å². The zero-order valence-corrected chi connectivity index (χ0v) is 11.6. The maximum absolute atomic E-state index is 11.9. The molecular weight excluding hydrogens is 248 g/mol. The molecule has 0 atom stereocenters. The number of ether oxygens (including phenoxy) is 2. The topological polar surface area (TPSA) is 67.9 Å². The molecule has 0 aromatic carbocycles. The quantitative estimate of drug-likeness (QED) is 0.575. The number of hydrogen-bond donors (Lipinski definition) is 1. The van der Waals surface area contributed by atoms with Gasteiger partial charge in [0.05, 0.1) is 13.2 Å². The highest BCUT2D eigenvalue weighted by molar-refractivity contribution is 5.94. The molecule has 0 unspecified atom stereocenters. The Bertz CT molecular complexity index is 401. The molecule has 106 valence electrons. The predicted octanol–water partition coefficient (Wildman–Crippen LogP) is 0.415. The number of likely N-dealkylation sites (N-methyl/N-ethyl adjacent to an activating group) is 1. The van der Waals surface area contributed by atoms with Gasteiger partial charge in [-0.2, -0.15) is 0 Å². The summed E-state index contributed by atoms with van der Waals surface area (Å²) in [5.74, 6) is -0.274. The van der Waals surface area contributed by atoms with Crippen molar-refractivity contribution in [2.75, 3.05) is 33.4 Å². The lowest BCUT2D eigenvalue weighted by molar-refractivity contribution is -0.138. The third kappa shape index (κ3) is 4.31. The summed E-state index contributed by atoms with van der Waals surface area (Å²) in [5, 5.41) is 3.10. The van der Waals surface area contributed by atoms with Gasteiger partial charge in [-0.15, -0.1) is 0 Å². The van der Waals surface area contributed by atoms with Gasteiger partial charge in [-0.25, -0.2) is 9.59 Å². The van der Waals surface area contributed by atoms with Gasteiger partial charge in [-0.1, -0.05) is 0 Å². The van der Waals surface area contributed by atoms with Crippen LogP contribution in [0.15, 0.2) is 23.5 Å². The number of nitrogens with zero attached hydrogens (tertiary/aromatic N) is 1. The highest BCUT2D eigenvalue weighted by atomic mass is 16.5. The first-order chi connectivity index (χ1) is 9.10. The second kappa shape index (κ2) is 7.45. The lowest BCUT2D eigenvalue weighted by atomic mass is 10.2. The molecule has 1 heterocycles. The van der Waals surface area contributed by atoms with E-state index in [0.717, 1.165) is 13.1 Å². The van der Waals surface area contributed by atoms with Gasteiger partial charge in [0, 0.05) is 26.2 Å². The molecule has 0 aromatic rings. The van der Waals surface area contributed by atoms with Crippen LogP contribution in [0.5, 0.6) is 0 Å². The van der Waals surface area contributed by atoms with Crippen molar-refractivity contribution in [3.63, 3.8) is 0 Å². The Morgan fingerprint density at radius 1 is 1.26 bits per heavy atom. The van der Waals surface area contributed by atoms with E-state index in [2.05, 4.69) is 5.32 Å². The molecule has 0 aliphatic carbocycles. The molecule has 1 N–H and O–H groups in total. The smallest absolute Gasteiger partial charge is 0.341 e. The van der Waals surface area contributed by atoms with E-state index in [1.165, 1.54) is 12.2 Å². The largest absolute Gasteiger partial charge is 0.463 e. The van der Waals surface area contributed by atoms with Crippen LogP contribution >= 0.6 is 0 Å². The van der Waals surface area contributed by atoms with E-state index in [4.69, 9.17) is 9.47 Å². The molecule has 0 aromatic heterocycles. The molecule has 0 saturated carbocycles. The third-order valence-electron chi connectivity index (χ3n) is 2.54. The van der Waals surface area contributed by atoms with Crippen LogP contribution in [0.1, 0.15) is 13.8 Å². The van der Waals surface area contributed by atoms with Crippen LogP contribution in [-0.2, 0) is 19.1 Å². The van der Waals surface area contributed by atoms with Gasteiger partial charge >= 0.3 is 11.9 Å². The van der Waals surface area contributed by atoms with Gasteiger partial charge in [0.1, 0.15) is 11.4 Å². The Labute approximate surface area is 113 Å². The summed E-state index contributed by atoms with van der Waals surface area (Å²) in [7, 11) is 1.87. The Morgan fingerprint density at radius 3 is 2.47 bits per heavy atom. The third-order valence-corrected chi connectivity index (χ3v) is 2.54. The normalized spacial score (nSPS) is 17.3. The average molecular weight is 268 g/mol. The monoisotopic (exact) mass is 268 g/mol. The van der Waals surface area contributed by atoms with Crippen molar-refractivity contribution in [3.8, 4) is 0 Å². The summed E-state index contributed by atoms with van der Waals surface area (Å²) in [5.41, 5.74) is 0.329. The van der Waals surface area contributed by atoms with Crippen molar-refractivity contribution in [1.82, 2.24) is 10.2 Å². The van der Waals surface area contributed by atoms with Crippen LogP contribution in [0.2, 0.25) is 0 Å². The summed E-state index contributed by atoms with van der Waals surface area (Å²) in [4.78, 5) is 25.1. The van der Waals surface area contributed by atoms with E-state index < -0.39 is 11.9 Å². The van der Waals surface area contributed by atoms with E-state index in [1.54, 1.807) is 13.8 Å². The van der Waals surface area contributed by atoms with E-state index >= 15 is 0 Å². The fourth-order valence-electron chi connectivity index (χ4n) is 1.68. The Morgan fingerprint density at radius 2 is 1.95 bits per heavy atom. The molecule has 19 heavy (non-hydrogen) atoms. The zero-order chi connectivity index (χ0) is 14.3. The maximum Gasteiger partial charge on any atom is 0.341 e. The molecular formula is C13H20N2O4. The minimum atomic E-state index is -0.481. The van der Waals surface area contributed by atoms with Crippen LogP contribution in [0.4, 0.5) is 0 Å². The summed E-state index contributed by atoms with van der Waals surface area (Å²) < 4.78 is 9.78. The fraction of sp³-hybridized carbons (Fsp3) is 0.538. The van der Waals surface area contributed by atoms with E-state index in [0.29, 0.717) is 18.0 Å². The van der Waals surface area contributed by atoms with Crippen molar-refractivity contribution in [2.45, 2.75) is 13.8 Å². The van der Waals surface area contributed by atoms with Gasteiger partial charge in [0.25, 0.3) is 0 Å². The SMILES string of the molecule is CCOC(=O)/C=C/C(C(=O)OCC)=C1\NCCN1C. The van der Waals surface area contributed by atoms with Crippen LogP contribution < -0.4 is 5.32 Å². The maximum atomic E-state index is 11.9. The van der Waals surface area contributed by atoms with E-state index in [1.807, 2.05) is 11.9 Å². The number of carbonyl (C=O) groups is 2. The highest BCUT2D eigenvalue weighted by Crippen LogP contribution is 2.13. The molecule has 1 fully saturated rings. The fourth-order valence-corrected chi connectivity index (χ4v) is 1.68. The molecule has 1 aliphatic rings. The molecule has 0 radical (unpaired) electrons. The van der Waals surface area contributed by atoms with Crippen LogP contribution in [-0.4, -0.2) is 50.2 Å². The Balaban J connectivity index is 2.93. The van der Waals surface area contributed by atoms with Crippen molar-refractivity contribution in [3.05, 3.63) is 23.5 Å². The summed E-state index contributed by atoms with van der Waals surface area (Å²) in [6.07, 6.45) is 2.66. The number of nitrogens with one attached hydrogen (secondary N) is 1. The minimum Gasteiger partial charge on any atom is -0.463 e. The summed E-state index contributed by atoms with van der Waals surface area (Å²) >= 11 is 0. The Kier molecular flexibility index (Phi) is 5.92. The van der Waals surface area contributed by atoms with Crippen LogP contribution in [0, 0.1) is 0 Å². The number of esters is 2. The first-order valence-corrected chi connectivity index (χ1v) is 6.31.